The van der Waals surface area contributed by atoms with Crippen LogP contribution in [0.5, 0.6) is 0 Å². The van der Waals surface area contributed by atoms with Crippen LogP contribution in [-0.2, 0) is 6.54 Å². The Bertz CT molecular complexity index is 771. The van der Waals surface area contributed by atoms with E-state index in [4.69, 9.17) is 0 Å². The molecule has 0 spiro atoms. The molecule has 18 heavy (non-hydrogen) atoms. The minimum Gasteiger partial charge on any atom is -0.291 e. The fourth-order valence-corrected chi connectivity index (χ4v) is 3.38. The zero-order valence-electron chi connectivity index (χ0n) is 9.88. The number of thiophene rings is 1. The fraction of sp³-hybridized carbons (Fsp3) is 0.273. The van der Waals surface area contributed by atoms with Gasteiger partial charge in [-0.3, -0.25) is 9.36 Å². The van der Waals surface area contributed by atoms with Crippen molar-refractivity contribution in [1.29, 1.82) is 0 Å². The molecule has 0 radical (unpaired) electrons. The van der Waals surface area contributed by atoms with Gasteiger partial charge in [0.1, 0.15) is 14.7 Å². The lowest BCUT2D eigenvalue weighted by atomic mass is 10.3. The van der Waals surface area contributed by atoms with Crippen LogP contribution in [0.15, 0.2) is 16.5 Å². The molecule has 0 atom stereocenters. The number of aryl methyl sites for hydroxylation is 2. The van der Waals surface area contributed by atoms with Crippen molar-refractivity contribution in [2.45, 2.75) is 20.4 Å². The van der Waals surface area contributed by atoms with Gasteiger partial charge < -0.3 is 0 Å². The number of fused-ring (bicyclic) bond motifs is 1. The lowest BCUT2D eigenvalue weighted by Crippen LogP contribution is -2.20. The first-order valence-electron chi connectivity index (χ1n) is 5.37. The zero-order valence-corrected chi connectivity index (χ0v) is 11.5. The van der Waals surface area contributed by atoms with E-state index in [2.05, 4.69) is 15.2 Å². The molecule has 3 rings (SSSR count). The Balaban J connectivity index is 2.07. The topological polar surface area (TPSA) is 60.7 Å². The van der Waals surface area contributed by atoms with Crippen molar-refractivity contribution >= 4 is 32.9 Å². The Morgan fingerprint density at radius 3 is 2.89 bits per heavy atom. The molecule has 0 fully saturated rings. The maximum atomic E-state index is 12.2. The number of nitrogens with zero attached hydrogens (tertiary/aromatic N) is 4. The summed E-state index contributed by atoms with van der Waals surface area (Å²) in [4.78, 5) is 16.6. The summed E-state index contributed by atoms with van der Waals surface area (Å²) in [5, 5.41) is 11.6. The second-order valence-corrected chi connectivity index (χ2v) is 6.13. The summed E-state index contributed by atoms with van der Waals surface area (Å²) < 4.78 is 2.29. The average molecular weight is 278 g/mol. The van der Waals surface area contributed by atoms with E-state index in [1.807, 2.05) is 19.2 Å². The van der Waals surface area contributed by atoms with Crippen molar-refractivity contribution in [3.63, 3.8) is 0 Å². The second-order valence-electron chi connectivity index (χ2n) is 3.99. The van der Waals surface area contributed by atoms with Gasteiger partial charge >= 0.3 is 0 Å². The largest absolute Gasteiger partial charge is 0.291 e. The first kappa shape index (κ1) is 11.5. The maximum absolute atomic E-state index is 12.2. The van der Waals surface area contributed by atoms with Gasteiger partial charge in [0.2, 0.25) is 0 Å². The van der Waals surface area contributed by atoms with Crippen LogP contribution < -0.4 is 5.56 Å². The minimum atomic E-state index is -0.00838. The highest BCUT2D eigenvalue weighted by Crippen LogP contribution is 2.19. The predicted octanol–water partition coefficient (Wildman–Crippen LogP) is 1.97. The van der Waals surface area contributed by atoms with Gasteiger partial charge in [-0.1, -0.05) is 11.3 Å². The van der Waals surface area contributed by atoms with Crippen LogP contribution in [0.2, 0.25) is 0 Å². The normalized spacial score (nSPS) is 11.2. The molecule has 0 aliphatic rings. The molecule has 0 saturated carbocycles. The summed E-state index contributed by atoms with van der Waals surface area (Å²) >= 11 is 2.94. The zero-order chi connectivity index (χ0) is 12.7. The van der Waals surface area contributed by atoms with E-state index in [1.165, 1.54) is 22.7 Å². The van der Waals surface area contributed by atoms with Gasteiger partial charge in [0, 0.05) is 0 Å². The maximum Gasteiger partial charge on any atom is 0.271 e. The number of hydrogen-bond acceptors (Lipinski definition) is 6. The summed E-state index contributed by atoms with van der Waals surface area (Å²) in [7, 11) is 0. The van der Waals surface area contributed by atoms with Crippen LogP contribution in [0.3, 0.4) is 0 Å². The molecule has 0 bridgehead atoms. The third-order valence-electron chi connectivity index (χ3n) is 2.60. The van der Waals surface area contributed by atoms with Gasteiger partial charge in [-0.2, -0.15) is 0 Å². The van der Waals surface area contributed by atoms with Crippen LogP contribution in [0, 0.1) is 13.8 Å². The molecule has 7 heteroatoms. The van der Waals surface area contributed by atoms with Crippen LogP contribution >= 0.6 is 22.7 Å². The highest BCUT2D eigenvalue weighted by Gasteiger charge is 2.10. The fourth-order valence-electron chi connectivity index (χ4n) is 1.72. The van der Waals surface area contributed by atoms with Crippen molar-refractivity contribution < 1.29 is 0 Å². The molecule has 92 valence electrons. The summed E-state index contributed by atoms with van der Waals surface area (Å²) in [6, 6.07) is 0. The SMILES string of the molecule is Cc1nnc(Cn2cnc3c(C)csc3c2=O)s1. The van der Waals surface area contributed by atoms with Gasteiger partial charge in [-0.15, -0.1) is 21.5 Å². The molecular formula is C11H10N4OS2. The Kier molecular flexibility index (Phi) is 2.71. The summed E-state index contributed by atoms with van der Waals surface area (Å²) in [5.41, 5.74) is 1.84. The first-order chi connectivity index (χ1) is 8.65. The van der Waals surface area contributed by atoms with Gasteiger partial charge in [0.15, 0.2) is 0 Å². The Labute approximate surface area is 111 Å². The first-order valence-corrected chi connectivity index (χ1v) is 7.07. The summed E-state index contributed by atoms with van der Waals surface area (Å²) in [6.07, 6.45) is 1.58. The van der Waals surface area contributed by atoms with E-state index in [-0.39, 0.29) is 5.56 Å². The molecule has 0 unspecified atom stereocenters. The van der Waals surface area contributed by atoms with Crippen molar-refractivity contribution in [3.05, 3.63) is 37.6 Å². The molecular weight excluding hydrogens is 268 g/mol. The van der Waals surface area contributed by atoms with Crippen LogP contribution in [0.25, 0.3) is 10.2 Å². The number of rotatable bonds is 2. The van der Waals surface area contributed by atoms with E-state index >= 15 is 0 Å². The molecule has 5 nitrogen and oxygen atoms in total. The van der Waals surface area contributed by atoms with Gasteiger partial charge in [0.25, 0.3) is 5.56 Å². The van der Waals surface area contributed by atoms with Crippen LogP contribution in [0.4, 0.5) is 0 Å². The molecule has 3 heterocycles. The molecule has 3 aromatic heterocycles. The molecule has 0 aromatic carbocycles. The molecule has 0 amide bonds. The van der Waals surface area contributed by atoms with Gasteiger partial charge in [0.05, 0.1) is 18.4 Å². The highest BCUT2D eigenvalue weighted by molar-refractivity contribution is 7.17. The van der Waals surface area contributed by atoms with Crippen LogP contribution in [0.1, 0.15) is 15.6 Å². The van der Waals surface area contributed by atoms with E-state index in [0.717, 1.165) is 21.1 Å². The van der Waals surface area contributed by atoms with E-state index in [0.29, 0.717) is 11.2 Å². The van der Waals surface area contributed by atoms with Crippen LogP contribution in [-0.4, -0.2) is 19.7 Å². The molecule has 0 aliphatic heterocycles. The van der Waals surface area contributed by atoms with Crippen molar-refractivity contribution in [2.75, 3.05) is 0 Å². The Hall–Kier alpha value is -1.60. The Morgan fingerprint density at radius 2 is 2.17 bits per heavy atom. The smallest absolute Gasteiger partial charge is 0.271 e. The number of aromatic nitrogens is 4. The average Bonchev–Trinajstić information content (AvgIpc) is 2.91. The third-order valence-corrected chi connectivity index (χ3v) is 4.50. The lowest BCUT2D eigenvalue weighted by molar-refractivity contribution is 0.734. The summed E-state index contributed by atoms with van der Waals surface area (Å²) in [6.45, 7) is 4.29. The predicted molar refractivity (Wildman–Crippen MR) is 72.4 cm³/mol. The monoisotopic (exact) mass is 278 g/mol. The molecule has 3 aromatic rings. The molecule has 0 N–H and O–H groups in total. The van der Waals surface area contributed by atoms with Gasteiger partial charge in [-0.25, -0.2) is 4.98 Å². The highest BCUT2D eigenvalue weighted by atomic mass is 32.1. The Morgan fingerprint density at radius 1 is 1.33 bits per heavy atom. The third kappa shape index (κ3) is 1.85. The quantitative estimate of drug-likeness (QED) is 0.719. The standard InChI is InChI=1S/C11H10N4OS2/c1-6-4-17-10-9(6)12-5-15(11(10)16)3-8-14-13-7(2)18-8/h4-5H,3H2,1-2H3. The van der Waals surface area contributed by atoms with E-state index < -0.39 is 0 Å². The molecule has 0 aliphatic carbocycles. The van der Waals surface area contributed by atoms with E-state index in [1.54, 1.807) is 10.9 Å². The van der Waals surface area contributed by atoms with Crippen molar-refractivity contribution in [1.82, 2.24) is 19.7 Å². The second kappa shape index (κ2) is 4.25. The molecule has 0 saturated heterocycles. The minimum absolute atomic E-state index is 0.00838. The van der Waals surface area contributed by atoms with Crippen molar-refractivity contribution in [3.8, 4) is 0 Å². The van der Waals surface area contributed by atoms with E-state index in [9.17, 15) is 4.79 Å². The summed E-state index contributed by atoms with van der Waals surface area (Å²) in [5.74, 6) is 0. The lowest BCUT2D eigenvalue weighted by Gasteiger charge is -2.01. The number of hydrogen-bond donors (Lipinski definition) is 0. The van der Waals surface area contributed by atoms with Crippen molar-refractivity contribution in [2.24, 2.45) is 0 Å². The van der Waals surface area contributed by atoms with Gasteiger partial charge in [-0.05, 0) is 24.8 Å².